The molecule has 1 aromatic rings. The van der Waals surface area contributed by atoms with E-state index in [1.807, 2.05) is 4.90 Å². The number of rotatable bonds is 5. The van der Waals surface area contributed by atoms with Gasteiger partial charge >= 0.3 is 0 Å². The van der Waals surface area contributed by atoms with Crippen LogP contribution in [0.3, 0.4) is 0 Å². The number of carbonyl (C=O) groups excluding carboxylic acids is 2. The Labute approximate surface area is 133 Å². The molecule has 1 aliphatic carbocycles. The van der Waals surface area contributed by atoms with Crippen LogP contribution >= 0.6 is 0 Å². The Morgan fingerprint density at radius 1 is 1.30 bits per heavy atom. The van der Waals surface area contributed by atoms with Gasteiger partial charge in [-0.05, 0) is 30.5 Å². The van der Waals surface area contributed by atoms with E-state index >= 15 is 0 Å². The minimum absolute atomic E-state index is 0.135. The third-order valence-corrected chi connectivity index (χ3v) is 4.14. The van der Waals surface area contributed by atoms with Crippen LogP contribution in [-0.2, 0) is 14.3 Å². The number of morpholine rings is 1. The zero-order chi connectivity index (χ0) is 16.4. The third kappa shape index (κ3) is 3.86. The summed E-state index contributed by atoms with van der Waals surface area (Å²) in [5.41, 5.74) is 6.00. The SMILES string of the molecule is NC(=O)[C@H]1CN([C@@H](C(=O)NC2CC2)c2ccc(F)cc2)CCO1. The first-order valence-electron chi connectivity index (χ1n) is 7.75. The van der Waals surface area contributed by atoms with Crippen LogP contribution in [0.5, 0.6) is 0 Å². The summed E-state index contributed by atoms with van der Waals surface area (Å²) in [6.45, 7) is 1.07. The highest BCUT2D eigenvalue weighted by Crippen LogP contribution is 2.26. The van der Waals surface area contributed by atoms with Gasteiger partial charge in [0.25, 0.3) is 0 Å². The average molecular weight is 321 g/mol. The maximum atomic E-state index is 13.2. The molecular formula is C16H20FN3O3. The van der Waals surface area contributed by atoms with Crippen molar-refractivity contribution in [1.29, 1.82) is 0 Å². The second kappa shape index (κ2) is 6.64. The van der Waals surface area contributed by atoms with Crippen molar-refractivity contribution < 1.29 is 18.7 Å². The molecule has 2 fully saturated rings. The fraction of sp³-hybridized carbons (Fsp3) is 0.500. The lowest BCUT2D eigenvalue weighted by Gasteiger charge is -2.36. The van der Waals surface area contributed by atoms with Crippen LogP contribution in [-0.4, -0.2) is 48.6 Å². The highest BCUT2D eigenvalue weighted by Gasteiger charge is 2.36. The molecule has 3 rings (SSSR count). The summed E-state index contributed by atoms with van der Waals surface area (Å²) in [6.07, 6.45) is 1.23. The molecule has 23 heavy (non-hydrogen) atoms. The van der Waals surface area contributed by atoms with Crippen LogP contribution in [0.15, 0.2) is 24.3 Å². The van der Waals surface area contributed by atoms with E-state index < -0.39 is 18.1 Å². The van der Waals surface area contributed by atoms with Crippen LogP contribution in [0.4, 0.5) is 4.39 Å². The van der Waals surface area contributed by atoms with E-state index in [4.69, 9.17) is 10.5 Å². The topological polar surface area (TPSA) is 84.7 Å². The molecule has 2 aliphatic rings. The molecule has 7 heteroatoms. The van der Waals surface area contributed by atoms with Gasteiger partial charge in [-0.15, -0.1) is 0 Å². The fourth-order valence-corrected chi connectivity index (χ4v) is 2.76. The van der Waals surface area contributed by atoms with E-state index in [9.17, 15) is 14.0 Å². The first-order chi connectivity index (χ1) is 11.0. The van der Waals surface area contributed by atoms with Gasteiger partial charge in [-0.2, -0.15) is 0 Å². The Kier molecular flexibility index (Phi) is 4.58. The van der Waals surface area contributed by atoms with Crippen molar-refractivity contribution in [3.8, 4) is 0 Å². The summed E-state index contributed by atoms with van der Waals surface area (Å²) >= 11 is 0. The smallest absolute Gasteiger partial charge is 0.247 e. The molecule has 0 spiro atoms. The standard InChI is InChI=1S/C16H20FN3O3/c17-11-3-1-10(2-4-11)14(16(22)19-12-5-6-12)20-7-8-23-13(9-20)15(18)21/h1-4,12-14H,5-9H2,(H2,18,21)(H,19,22)/t13-,14-/m1/s1. The molecule has 0 unspecified atom stereocenters. The number of nitrogens with zero attached hydrogens (tertiary/aromatic N) is 1. The first-order valence-corrected chi connectivity index (χ1v) is 7.75. The Morgan fingerprint density at radius 2 is 2.00 bits per heavy atom. The molecule has 1 saturated carbocycles. The van der Waals surface area contributed by atoms with Crippen molar-refractivity contribution in [1.82, 2.24) is 10.2 Å². The second-order valence-electron chi connectivity index (χ2n) is 5.99. The van der Waals surface area contributed by atoms with Gasteiger partial charge in [0.15, 0.2) is 0 Å². The normalized spacial score (nSPS) is 23.3. The molecule has 124 valence electrons. The number of nitrogens with one attached hydrogen (secondary N) is 1. The van der Waals surface area contributed by atoms with E-state index in [2.05, 4.69) is 5.32 Å². The van der Waals surface area contributed by atoms with Crippen molar-refractivity contribution in [2.45, 2.75) is 31.0 Å². The van der Waals surface area contributed by atoms with E-state index in [1.54, 1.807) is 12.1 Å². The summed E-state index contributed by atoms with van der Waals surface area (Å²) in [4.78, 5) is 25.9. The monoisotopic (exact) mass is 321 g/mol. The van der Waals surface area contributed by atoms with Crippen molar-refractivity contribution in [3.63, 3.8) is 0 Å². The molecule has 0 radical (unpaired) electrons. The van der Waals surface area contributed by atoms with Crippen molar-refractivity contribution in [2.75, 3.05) is 19.7 Å². The molecule has 2 amide bonds. The molecule has 1 saturated heterocycles. The fourth-order valence-electron chi connectivity index (χ4n) is 2.76. The zero-order valence-corrected chi connectivity index (χ0v) is 12.7. The molecule has 3 N–H and O–H groups in total. The van der Waals surface area contributed by atoms with Crippen molar-refractivity contribution in [3.05, 3.63) is 35.6 Å². The Balaban J connectivity index is 1.82. The van der Waals surface area contributed by atoms with Gasteiger partial charge in [-0.1, -0.05) is 12.1 Å². The van der Waals surface area contributed by atoms with Crippen LogP contribution in [0, 0.1) is 5.82 Å². The van der Waals surface area contributed by atoms with Gasteiger partial charge in [-0.25, -0.2) is 4.39 Å². The van der Waals surface area contributed by atoms with Gasteiger partial charge < -0.3 is 15.8 Å². The van der Waals surface area contributed by atoms with Gasteiger partial charge in [0, 0.05) is 19.1 Å². The molecule has 2 atom stereocenters. The molecule has 1 heterocycles. The summed E-state index contributed by atoms with van der Waals surface area (Å²) < 4.78 is 18.5. The molecule has 1 aliphatic heterocycles. The summed E-state index contributed by atoms with van der Waals surface area (Å²) in [7, 11) is 0. The first kappa shape index (κ1) is 15.9. The molecule has 1 aromatic carbocycles. The maximum absolute atomic E-state index is 13.2. The Hall–Kier alpha value is -1.99. The lowest BCUT2D eigenvalue weighted by molar-refractivity contribution is -0.141. The van der Waals surface area contributed by atoms with Gasteiger partial charge in [0.2, 0.25) is 11.8 Å². The lowest BCUT2D eigenvalue weighted by atomic mass is 10.0. The quantitative estimate of drug-likeness (QED) is 0.818. The number of nitrogens with two attached hydrogens (primary N) is 1. The highest BCUT2D eigenvalue weighted by atomic mass is 19.1. The predicted octanol–water partition coefficient (Wildman–Crippen LogP) is 0.332. The van der Waals surface area contributed by atoms with E-state index in [0.29, 0.717) is 18.7 Å². The summed E-state index contributed by atoms with van der Waals surface area (Å²) in [5, 5.41) is 2.98. The number of hydrogen-bond donors (Lipinski definition) is 2. The predicted molar refractivity (Wildman–Crippen MR) is 80.8 cm³/mol. The number of carbonyl (C=O) groups is 2. The maximum Gasteiger partial charge on any atom is 0.247 e. The van der Waals surface area contributed by atoms with Crippen LogP contribution in [0.2, 0.25) is 0 Å². The van der Waals surface area contributed by atoms with Gasteiger partial charge in [0.1, 0.15) is 18.0 Å². The van der Waals surface area contributed by atoms with E-state index in [-0.39, 0.29) is 24.3 Å². The third-order valence-electron chi connectivity index (χ3n) is 4.14. The minimum Gasteiger partial charge on any atom is -0.367 e. The number of halogens is 1. The van der Waals surface area contributed by atoms with Crippen molar-refractivity contribution in [2.24, 2.45) is 5.73 Å². The number of hydrogen-bond acceptors (Lipinski definition) is 4. The van der Waals surface area contributed by atoms with Gasteiger partial charge in [-0.3, -0.25) is 14.5 Å². The zero-order valence-electron chi connectivity index (χ0n) is 12.7. The number of ether oxygens (including phenoxy) is 1. The largest absolute Gasteiger partial charge is 0.367 e. The van der Waals surface area contributed by atoms with Gasteiger partial charge in [0.05, 0.1) is 6.61 Å². The average Bonchev–Trinajstić information content (AvgIpc) is 3.34. The van der Waals surface area contributed by atoms with Crippen LogP contribution in [0.25, 0.3) is 0 Å². The van der Waals surface area contributed by atoms with Crippen molar-refractivity contribution >= 4 is 11.8 Å². The number of benzene rings is 1. The minimum atomic E-state index is -0.736. The second-order valence-corrected chi connectivity index (χ2v) is 5.99. The molecule has 0 aromatic heterocycles. The Bertz CT molecular complexity index is 589. The summed E-state index contributed by atoms with van der Waals surface area (Å²) in [6, 6.07) is 5.50. The highest BCUT2D eigenvalue weighted by molar-refractivity contribution is 5.84. The molecule has 0 bridgehead atoms. The number of amides is 2. The number of primary amides is 1. The van der Waals surface area contributed by atoms with E-state index in [1.165, 1.54) is 12.1 Å². The molecular weight excluding hydrogens is 301 g/mol. The van der Waals surface area contributed by atoms with E-state index in [0.717, 1.165) is 12.8 Å². The summed E-state index contributed by atoms with van der Waals surface area (Å²) in [5.74, 6) is -1.04. The van der Waals surface area contributed by atoms with Crippen LogP contribution in [0.1, 0.15) is 24.4 Å². The van der Waals surface area contributed by atoms with Crippen LogP contribution < -0.4 is 11.1 Å². The molecule has 6 nitrogen and oxygen atoms in total. The lowest BCUT2D eigenvalue weighted by Crippen LogP contribution is -2.52. The Morgan fingerprint density at radius 3 is 2.61 bits per heavy atom.